The van der Waals surface area contributed by atoms with Crippen molar-refractivity contribution in [1.82, 2.24) is 5.32 Å². The molecule has 2 N–H and O–H groups in total. The highest BCUT2D eigenvalue weighted by Gasteiger charge is 2.21. The molecule has 1 amide bonds. The summed E-state index contributed by atoms with van der Waals surface area (Å²) >= 11 is 0. The quantitative estimate of drug-likeness (QED) is 0.663. The highest BCUT2D eigenvalue weighted by atomic mass is 16.4. The van der Waals surface area contributed by atoms with Crippen molar-refractivity contribution in [3.8, 4) is 0 Å². The Balaban J connectivity index is 4.46. The van der Waals surface area contributed by atoms with Crippen molar-refractivity contribution >= 4 is 11.9 Å². The molecule has 4 nitrogen and oxygen atoms in total. The number of amides is 1. The van der Waals surface area contributed by atoms with Crippen molar-refractivity contribution in [2.45, 2.75) is 33.2 Å². The Kier molecular flexibility index (Phi) is 4.91. The fourth-order valence-electron chi connectivity index (χ4n) is 1.15. The van der Waals surface area contributed by atoms with Crippen LogP contribution in [-0.2, 0) is 4.79 Å². The lowest BCUT2D eigenvalue weighted by Gasteiger charge is -2.17. The van der Waals surface area contributed by atoms with Crippen LogP contribution in [0.2, 0.25) is 0 Å². The number of Topliss-reactive ketones (excluding diaryl/α,β-unsaturated/α-hetero) is 1. The van der Waals surface area contributed by atoms with Crippen molar-refractivity contribution in [3.63, 3.8) is 0 Å². The van der Waals surface area contributed by atoms with Gasteiger partial charge in [-0.15, -0.1) is 0 Å². The van der Waals surface area contributed by atoms with E-state index in [4.69, 9.17) is 5.11 Å². The molecule has 0 radical (unpaired) electrons. The van der Waals surface area contributed by atoms with Crippen LogP contribution in [-0.4, -0.2) is 23.0 Å². The maximum Gasteiger partial charge on any atom is 0.405 e. The van der Waals surface area contributed by atoms with Crippen LogP contribution in [0.1, 0.15) is 27.2 Å². The van der Waals surface area contributed by atoms with Gasteiger partial charge < -0.3 is 10.4 Å². The molecule has 0 aromatic heterocycles. The van der Waals surface area contributed by atoms with Gasteiger partial charge in [0.15, 0.2) is 5.78 Å². The zero-order valence-corrected chi connectivity index (χ0v) is 8.83. The Morgan fingerprint density at radius 3 is 2.21 bits per heavy atom. The molecule has 0 aliphatic carbocycles. The molecule has 14 heavy (non-hydrogen) atoms. The standard InChI is InChI=1S/C10H17NO3/c1-6(2)5-8(11-10(13)14)9(12)7(3)4/h6,8,11H,3,5H2,1-2,4H3,(H,13,14). The second kappa shape index (κ2) is 5.42. The molecule has 0 heterocycles. The summed E-state index contributed by atoms with van der Waals surface area (Å²) in [4.78, 5) is 21.9. The topological polar surface area (TPSA) is 66.4 Å². The Morgan fingerprint density at radius 2 is 1.93 bits per heavy atom. The molecule has 0 aromatic rings. The summed E-state index contributed by atoms with van der Waals surface area (Å²) in [5, 5.41) is 10.7. The fraction of sp³-hybridized carbons (Fsp3) is 0.600. The molecule has 0 bridgehead atoms. The zero-order chi connectivity index (χ0) is 11.3. The van der Waals surface area contributed by atoms with Gasteiger partial charge in [0.05, 0.1) is 6.04 Å². The predicted molar refractivity (Wildman–Crippen MR) is 54.2 cm³/mol. The van der Waals surface area contributed by atoms with E-state index in [9.17, 15) is 9.59 Å². The molecule has 1 atom stereocenters. The van der Waals surface area contributed by atoms with Gasteiger partial charge in [0.2, 0.25) is 0 Å². The minimum Gasteiger partial charge on any atom is -0.465 e. The first-order chi connectivity index (χ1) is 6.34. The molecule has 0 saturated heterocycles. The Hall–Kier alpha value is -1.32. The monoisotopic (exact) mass is 199 g/mol. The van der Waals surface area contributed by atoms with E-state index in [1.165, 1.54) is 0 Å². The van der Waals surface area contributed by atoms with Crippen LogP contribution in [0.25, 0.3) is 0 Å². The van der Waals surface area contributed by atoms with Crippen LogP contribution in [0.5, 0.6) is 0 Å². The average Bonchev–Trinajstić information content (AvgIpc) is 1.99. The summed E-state index contributed by atoms with van der Waals surface area (Å²) in [6, 6.07) is -0.662. The van der Waals surface area contributed by atoms with Gasteiger partial charge in [-0.1, -0.05) is 20.4 Å². The number of carboxylic acid groups (broad SMARTS) is 1. The van der Waals surface area contributed by atoms with Crippen LogP contribution >= 0.6 is 0 Å². The highest BCUT2D eigenvalue weighted by Crippen LogP contribution is 2.08. The van der Waals surface area contributed by atoms with Crippen LogP contribution in [0.3, 0.4) is 0 Å². The smallest absolute Gasteiger partial charge is 0.405 e. The average molecular weight is 199 g/mol. The molecule has 4 heteroatoms. The summed E-state index contributed by atoms with van der Waals surface area (Å²) in [5.74, 6) is 0.0243. The Morgan fingerprint density at radius 1 is 1.43 bits per heavy atom. The molecule has 0 saturated carbocycles. The lowest BCUT2D eigenvalue weighted by molar-refractivity contribution is -0.117. The predicted octanol–water partition coefficient (Wildman–Crippen LogP) is 1.81. The second-order valence-electron chi connectivity index (χ2n) is 3.78. The molecule has 0 rings (SSSR count). The van der Waals surface area contributed by atoms with Crippen molar-refractivity contribution in [2.24, 2.45) is 5.92 Å². The fourth-order valence-corrected chi connectivity index (χ4v) is 1.15. The van der Waals surface area contributed by atoms with Gasteiger partial charge in [0.25, 0.3) is 0 Å². The summed E-state index contributed by atoms with van der Waals surface area (Å²) in [7, 11) is 0. The highest BCUT2D eigenvalue weighted by molar-refractivity contribution is 5.99. The van der Waals surface area contributed by atoms with Gasteiger partial charge in [0, 0.05) is 0 Å². The summed E-state index contributed by atoms with van der Waals surface area (Å²) in [6.07, 6.45) is -0.678. The molecule has 0 aliphatic heterocycles. The van der Waals surface area contributed by atoms with E-state index in [-0.39, 0.29) is 11.7 Å². The third-order valence-corrected chi connectivity index (χ3v) is 1.74. The molecular weight excluding hydrogens is 182 g/mol. The number of hydrogen-bond donors (Lipinski definition) is 2. The third kappa shape index (κ3) is 4.64. The van der Waals surface area contributed by atoms with Gasteiger partial charge in [0.1, 0.15) is 0 Å². The van der Waals surface area contributed by atoms with Gasteiger partial charge in [-0.3, -0.25) is 4.79 Å². The normalized spacial score (nSPS) is 12.3. The van der Waals surface area contributed by atoms with E-state index in [0.29, 0.717) is 12.0 Å². The molecule has 0 aliphatic rings. The minimum atomic E-state index is -1.18. The molecular formula is C10H17NO3. The van der Waals surface area contributed by atoms with Crippen LogP contribution < -0.4 is 5.32 Å². The minimum absolute atomic E-state index is 0.235. The van der Waals surface area contributed by atoms with E-state index >= 15 is 0 Å². The maximum absolute atomic E-state index is 11.5. The van der Waals surface area contributed by atoms with Crippen molar-refractivity contribution in [1.29, 1.82) is 0 Å². The van der Waals surface area contributed by atoms with Crippen LogP contribution in [0.15, 0.2) is 12.2 Å². The molecule has 0 aromatic carbocycles. The number of carbonyl (C=O) groups is 2. The largest absolute Gasteiger partial charge is 0.465 e. The molecule has 0 fully saturated rings. The molecule has 0 spiro atoms. The van der Waals surface area contributed by atoms with Crippen molar-refractivity contribution in [2.75, 3.05) is 0 Å². The first-order valence-corrected chi connectivity index (χ1v) is 4.53. The summed E-state index contributed by atoms with van der Waals surface area (Å²) in [6.45, 7) is 8.96. The van der Waals surface area contributed by atoms with Gasteiger partial charge in [-0.2, -0.15) is 0 Å². The SMILES string of the molecule is C=C(C)C(=O)C(CC(C)C)NC(=O)O. The van der Waals surface area contributed by atoms with Crippen LogP contribution in [0, 0.1) is 5.92 Å². The maximum atomic E-state index is 11.5. The Labute approximate surface area is 84.0 Å². The molecule has 80 valence electrons. The first kappa shape index (κ1) is 12.7. The zero-order valence-electron chi connectivity index (χ0n) is 8.83. The van der Waals surface area contributed by atoms with E-state index in [2.05, 4.69) is 11.9 Å². The van der Waals surface area contributed by atoms with E-state index in [1.54, 1.807) is 6.92 Å². The number of carbonyl (C=O) groups excluding carboxylic acids is 1. The third-order valence-electron chi connectivity index (χ3n) is 1.74. The van der Waals surface area contributed by atoms with Crippen molar-refractivity contribution < 1.29 is 14.7 Å². The Bertz CT molecular complexity index is 246. The van der Waals surface area contributed by atoms with Gasteiger partial charge in [-0.25, -0.2) is 4.79 Å². The van der Waals surface area contributed by atoms with E-state index < -0.39 is 12.1 Å². The number of ketones is 1. The van der Waals surface area contributed by atoms with Crippen LogP contribution in [0.4, 0.5) is 4.79 Å². The van der Waals surface area contributed by atoms with Crippen molar-refractivity contribution in [3.05, 3.63) is 12.2 Å². The lowest BCUT2D eigenvalue weighted by atomic mass is 9.97. The number of rotatable bonds is 5. The number of hydrogen-bond acceptors (Lipinski definition) is 2. The summed E-state index contributed by atoms with van der Waals surface area (Å²) in [5.41, 5.74) is 0.379. The second-order valence-corrected chi connectivity index (χ2v) is 3.78. The van der Waals surface area contributed by atoms with E-state index in [1.807, 2.05) is 13.8 Å². The van der Waals surface area contributed by atoms with E-state index in [0.717, 1.165) is 0 Å². The molecule has 1 unspecified atom stereocenters. The lowest BCUT2D eigenvalue weighted by Crippen LogP contribution is -2.41. The summed E-state index contributed by atoms with van der Waals surface area (Å²) < 4.78 is 0. The first-order valence-electron chi connectivity index (χ1n) is 4.53. The number of nitrogens with one attached hydrogen (secondary N) is 1. The van der Waals surface area contributed by atoms with Gasteiger partial charge >= 0.3 is 6.09 Å². The van der Waals surface area contributed by atoms with Gasteiger partial charge in [-0.05, 0) is 24.8 Å².